The van der Waals surface area contributed by atoms with Crippen molar-refractivity contribution in [1.82, 2.24) is 14.6 Å². The number of anilines is 1. The third kappa shape index (κ3) is 4.26. The molecule has 168 valence electrons. The van der Waals surface area contributed by atoms with Crippen molar-refractivity contribution in [3.63, 3.8) is 0 Å². The number of nitrogens with zero attached hydrogens (tertiary/aromatic N) is 2. The highest BCUT2D eigenvalue weighted by molar-refractivity contribution is 7.89. The van der Waals surface area contributed by atoms with Crippen LogP contribution >= 0.6 is 0 Å². The van der Waals surface area contributed by atoms with E-state index in [1.165, 1.54) is 31.1 Å². The van der Waals surface area contributed by atoms with E-state index >= 15 is 0 Å². The van der Waals surface area contributed by atoms with E-state index in [1.807, 2.05) is 30.5 Å². The lowest BCUT2D eigenvalue weighted by Gasteiger charge is -2.18. The van der Waals surface area contributed by atoms with Crippen molar-refractivity contribution in [2.24, 2.45) is 5.92 Å². The largest absolute Gasteiger partial charge is 0.361 e. The number of aromatic amines is 1. The zero-order chi connectivity index (χ0) is 22.9. The fourth-order valence-corrected chi connectivity index (χ4v) is 4.85. The molecule has 8 nitrogen and oxygen atoms in total. The first-order chi connectivity index (χ1) is 15.3. The van der Waals surface area contributed by atoms with Crippen LogP contribution in [-0.4, -0.2) is 56.7 Å². The molecule has 0 aliphatic carbocycles. The lowest BCUT2D eigenvalue weighted by atomic mass is 10.1. The molecule has 1 aliphatic heterocycles. The van der Waals surface area contributed by atoms with E-state index in [9.17, 15) is 18.0 Å². The number of sulfonamides is 1. The van der Waals surface area contributed by atoms with Gasteiger partial charge in [0.15, 0.2) is 0 Å². The van der Waals surface area contributed by atoms with Gasteiger partial charge < -0.3 is 15.2 Å². The lowest BCUT2D eigenvalue weighted by molar-refractivity contribution is -0.126. The predicted octanol–water partition coefficient (Wildman–Crippen LogP) is 2.13. The van der Waals surface area contributed by atoms with E-state index in [1.54, 1.807) is 12.1 Å². The Hall–Kier alpha value is -3.17. The maximum atomic E-state index is 12.6. The zero-order valence-electron chi connectivity index (χ0n) is 18.0. The fraction of sp³-hybridized carbons (Fsp3) is 0.304. The summed E-state index contributed by atoms with van der Waals surface area (Å²) < 4.78 is 25.6. The van der Waals surface area contributed by atoms with E-state index in [-0.39, 0.29) is 29.7 Å². The molecular weight excluding hydrogens is 428 g/mol. The molecule has 1 aromatic heterocycles. The van der Waals surface area contributed by atoms with E-state index in [0.717, 1.165) is 20.8 Å². The van der Waals surface area contributed by atoms with Crippen molar-refractivity contribution in [2.75, 3.05) is 32.1 Å². The molecule has 32 heavy (non-hydrogen) atoms. The summed E-state index contributed by atoms with van der Waals surface area (Å²) in [5.41, 5.74) is 2.79. The number of hydrogen-bond acceptors (Lipinski definition) is 4. The molecule has 2 N–H and O–H groups in total. The fourth-order valence-electron chi connectivity index (χ4n) is 3.94. The van der Waals surface area contributed by atoms with Gasteiger partial charge in [-0.3, -0.25) is 9.59 Å². The molecule has 0 saturated carbocycles. The van der Waals surface area contributed by atoms with Crippen LogP contribution in [0.4, 0.5) is 5.69 Å². The second kappa shape index (κ2) is 8.76. The number of carbonyl (C=O) groups is 2. The molecule has 1 saturated heterocycles. The van der Waals surface area contributed by atoms with E-state index in [4.69, 9.17) is 0 Å². The average molecular weight is 455 g/mol. The molecular formula is C23H26N4O4S. The highest BCUT2D eigenvalue weighted by Crippen LogP contribution is 2.27. The van der Waals surface area contributed by atoms with Crippen molar-refractivity contribution in [1.29, 1.82) is 0 Å². The Kier molecular flexibility index (Phi) is 6.03. The number of para-hydroxylation sites is 1. The van der Waals surface area contributed by atoms with Crippen molar-refractivity contribution in [3.05, 3.63) is 60.3 Å². The summed E-state index contributed by atoms with van der Waals surface area (Å²) in [5.74, 6) is -0.729. The molecule has 1 fully saturated rings. The maximum Gasteiger partial charge on any atom is 0.242 e. The molecule has 2 heterocycles. The molecule has 1 unspecified atom stereocenters. The highest BCUT2D eigenvalue weighted by Gasteiger charge is 2.35. The van der Waals surface area contributed by atoms with Gasteiger partial charge in [0, 0.05) is 56.4 Å². The number of hydrogen-bond donors (Lipinski definition) is 2. The highest BCUT2D eigenvalue weighted by atomic mass is 32.2. The monoisotopic (exact) mass is 454 g/mol. The Morgan fingerprint density at radius 3 is 2.59 bits per heavy atom. The Morgan fingerprint density at radius 2 is 1.88 bits per heavy atom. The summed E-state index contributed by atoms with van der Waals surface area (Å²) in [5, 5.41) is 4.09. The number of carbonyl (C=O) groups excluding carboxylic acids is 2. The molecule has 0 spiro atoms. The van der Waals surface area contributed by atoms with Crippen molar-refractivity contribution < 1.29 is 18.0 Å². The van der Waals surface area contributed by atoms with Crippen molar-refractivity contribution in [2.45, 2.75) is 17.7 Å². The topological polar surface area (TPSA) is 103 Å². The first-order valence-corrected chi connectivity index (χ1v) is 11.9. The number of fused-ring (bicyclic) bond motifs is 1. The van der Waals surface area contributed by atoms with Gasteiger partial charge in [0.2, 0.25) is 21.8 Å². The number of amides is 2. The van der Waals surface area contributed by atoms with E-state index in [2.05, 4.69) is 10.3 Å². The minimum Gasteiger partial charge on any atom is -0.361 e. The van der Waals surface area contributed by atoms with Gasteiger partial charge in [-0.25, -0.2) is 12.7 Å². The summed E-state index contributed by atoms with van der Waals surface area (Å²) >= 11 is 0. The van der Waals surface area contributed by atoms with Crippen LogP contribution < -0.4 is 10.2 Å². The third-order valence-electron chi connectivity index (χ3n) is 5.79. The molecule has 1 aliphatic rings. The quantitative estimate of drug-likeness (QED) is 0.571. The summed E-state index contributed by atoms with van der Waals surface area (Å²) in [6.45, 7) is 0.764. The van der Waals surface area contributed by atoms with Gasteiger partial charge in [-0.1, -0.05) is 18.2 Å². The van der Waals surface area contributed by atoms with Gasteiger partial charge in [-0.15, -0.1) is 0 Å². The van der Waals surface area contributed by atoms with Crippen LogP contribution in [0.15, 0.2) is 59.6 Å². The first-order valence-electron chi connectivity index (χ1n) is 10.4. The van der Waals surface area contributed by atoms with Gasteiger partial charge in [0.05, 0.1) is 10.8 Å². The van der Waals surface area contributed by atoms with Gasteiger partial charge in [-0.2, -0.15) is 0 Å². The van der Waals surface area contributed by atoms with Crippen LogP contribution in [0.5, 0.6) is 0 Å². The Labute approximate surface area is 187 Å². The van der Waals surface area contributed by atoms with Crippen LogP contribution in [0.25, 0.3) is 10.9 Å². The molecule has 9 heteroatoms. The van der Waals surface area contributed by atoms with Crippen molar-refractivity contribution in [3.8, 4) is 0 Å². The van der Waals surface area contributed by atoms with Crippen LogP contribution in [0.2, 0.25) is 0 Å². The molecule has 0 radical (unpaired) electrons. The third-order valence-corrected chi connectivity index (χ3v) is 7.62. The number of H-pyrrole nitrogens is 1. The Bertz CT molecular complexity index is 1250. The van der Waals surface area contributed by atoms with Gasteiger partial charge >= 0.3 is 0 Å². The first kappa shape index (κ1) is 22.0. The van der Waals surface area contributed by atoms with Gasteiger partial charge in [0.25, 0.3) is 0 Å². The molecule has 4 rings (SSSR count). The standard InChI is InChI=1S/C23H26N4O4S/c1-26(2)32(30,31)19-9-7-18(8-10-19)27-15-17(13-22(27)28)23(29)24-12-11-16-14-25-21-6-4-3-5-20(16)21/h3-10,14,17,25H,11-13,15H2,1-2H3,(H,24,29). The lowest BCUT2D eigenvalue weighted by Crippen LogP contribution is -2.34. The summed E-state index contributed by atoms with van der Waals surface area (Å²) in [4.78, 5) is 30.1. The molecule has 2 amide bonds. The summed E-state index contributed by atoms with van der Waals surface area (Å²) in [6.07, 6.45) is 2.79. The summed E-state index contributed by atoms with van der Waals surface area (Å²) in [6, 6.07) is 14.2. The van der Waals surface area contributed by atoms with Crippen molar-refractivity contribution >= 4 is 38.4 Å². The summed E-state index contributed by atoms with van der Waals surface area (Å²) in [7, 11) is -0.600. The average Bonchev–Trinajstić information content (AvgIpc) is 3.37. The Morgan fingerprint density at radius 1 is 1.16 bits per heavy atom. The Balaban J connectivity index is 1.35. The maximum absolute atomic E-state index is 12.6. The van der Waals surface area contributed by atoms with Crippen LogP contribution in [0, 0.1) is 5.92 Å². The van der Waals surface area contributed by atoms with Crippen LogP contribution in [0.3, 0.4) is 0 Å². The zero-order valence-corrected chi connectivity index (χ0v) is 18.9. The van der Waals surface area contributed by atoms with Gasteiger partial charge in [-0.05, 0) is 42.3 Å². The second-order valence-corrected chi connectivity index (χ2v) is 10.2. The smallest absolute Gasteiger partial charge is 0.242 e. The van der Waals surface area contributed by atoms with Crippen LogP contribution in [0.1, 0.15) is 12.0 Å². The normalized spacial score (nSPS) is 16.8. The second-order valence-electron chi connectivity index (χ2n) is 8.09. The molecule has 2 aromatic carbocycles. The van der Waals surface area contributed by atoms with Crippen LogP contribution in [-0.2, 0) is 26.0 Å². The number of benzene rings is 2. The molecule has 3 aromatic rings. The minimum absolute atomic E-state index is 0.136. The van der Waals surface area contributed by atoms with Gasteiger partial charge in [0.1, 0.15) is 0 Å². The number of nitrogens with one attached hydrogen (secondary N) is 2. The van der Waals surface area contributed by atoms with E-state index < -0.39 is 15.9 Å². The molecule has 1 atom stereocenters. The minimum atomic E-state index is -3.53. The number of aromatic nitrogens is 1. The number of rotatable bonds is 7. The predicted molar refractivity (Wildman–Crippen MR) is 123 cm³/mol. The SMILES string of the molecule is CN(C)S(=O)(=O)c1ccc(N2CC(C(=O)NCCc3c[nH]c4ccccc34)CC2=O)cc1. The van der Waals surface area contributed by atoms with E-state index in [0.29, 0.717) is 18.7 Å². The molecule has 0 bridgehead atoms.